The van der Waals surface area contributed by atoms with Gasteiger partial charge in [0, 0.05) is 13.1 Å². The van der Waals surface area contributed by atoms with Gasteiger partial charge in [-0.15, -0.1) is 0 Å². The van der Waals surface area contributed by atoms with Crippen LogP contribution in [0.15, 0.2) is 0 Å². The summed E-state index contributed by atoms with van der Waals surface area (Å²) in [5.41, 5.74) is 0. The summed E-state index contributed by atoms with van der Waals surface area (Å²) in [6, 6.07) is 0. The molecule has 0 aromatic heterocycles. The van der Waals surface area contributed by atoms with Crippen LogP contribution >= 0.6 is 15.9 Å². The lowest BCUT2D eigenvalue weighted by molar-refractivity contribution is -0.127. The first-order chi connectivity index (χ1) is 5.65. The van der Waals surface area contributed by atoms with E-state index in [1.807, 2.05) is 4.90 Å². The highest BCUT2D eigenvalue weighted by Gasteiger charge is 2.29. The molecule has 2 atom stereocenters. The van der Waals surface area contributed by atoms with E-state index in [0.717, 1.165) is 25.9 Å². The number of amides is 1. The van der Waals surface area contributed by atoms with Gasteiger partial charge >= 0.3 is 0 Å². The fourth-order valence-electron chi connectivity index (χ4n) is 1.39. The molecule has 0 radical (unpaired) electrons. The maximum atomic E-state index is 11.4. The molecule has 12 heavy (non-hydrogen) atoms. The molecule has 1 aliphatic rings. The van der Waals surface area contributed by atoms with E-state index in [2.05, 4.69) is 29.8 Å². The highest BCUT2D eigenvalue weighted by molar-refractivity contribution is 9.10. The van der Waals surface area contributed by atoms with Crippen LogP contribution in [0.2, 0.25) is 0 Å². The third kappa shape index (κ3) is 2.22. The zero-order chi connectivity index (χ0) is 9.14. The standard InChI is InChI=1S/C9H16BrNO/c1-3-7(2)6-11-5-4-8(10)9(11)12/h7-8H,3-6H2,1-2H3. The van der Waals surface area contributed by atoms with Crippen molar-refractivity contribution in [3.8, 4) is 0 Å². The van der Waals surface area contributed by atoms with Crippen molar-refractivity contribution in [2.75, 3.05) is 13.1 Å². The topological polar surface area (TPSA) is 20.3 Å². The van der Waals surface area contributed by atoms with Crippen molar-refractivity contribution in [3.05, 3.63) is 0 Å². The normalized spacial score (nSPS) is 26.4. The highest BCUT2D eigenvalue weighted by atomic mass is 79.9. The molecule has 1 amide bonds. The van der Waals surface area contributed by atoms with E-state index >= 15 is 0 Å². The smallest absolute Gasteiger partial charge is 0.236 e. The zero-order valence-corrected chi connectivity index (χ0v) is 9.30. The van der Waals surface area contributed by atoms with Gasteiger partial charge in [-0.05, 0) is 12.3 Å². The third-order valence-electron chi connectivity index (χ3n) is 2.46. The lowest BCUT2D eigenvalue weighted by atomic mass is 10.1. The van der Waals surface area contributed by atoms with Gasteiger partial charge in [-0.25, -0.2) is 0 Å². The first kappa shape index (κ1) is 10.0. The molecule has 0 spiro atoms. The zero-order valence-electron chi connectivity index (χ0n) is 7.72. The maximum absolute atomic E-state index is 11.4. The minimum absolute atomic E-state index is 0.0848. The van der Waals surface area contributed by atoms with Gasteiger partial charge < -0.3 is 4.90 Å². The molecular weight excluding hydrogens is 218 g/mol. The van der Waals surface area contributed by atoms with E-state index in [1.165, 1.54) is 0 Å². The molecular formula is C9H16BrNO. The Hall–Kier alpha value is -0.0500. The number of hydrogen-bond donors (Lipinski definition) is 0. The fourth-order valence-corrected chi connectivity index (χ4v) is 1.88. The van der Waals surface area contributed by atoms with Crippen LogP contribution in [0.5, 0.6) is 0 Å². The molecule has 0 aromatic carbocycles. The van der Waals surface area contributed by atoms with Crippen molar-refractivity contribution in [2.45, 2.75) is 31.5 Å². The highest BCUT2D eigenvalue weighted by Crippen LogP contribution is 2.19. The Morgan fingerprint density at radius 3 is 2.83 bits per heavy atom. The minimum Gasteiger partial charge on any atom is -0.341 e. The largest absolute Gasteiger partial charge is 0.341 e. The number of carbonyl (C=O) groups excluding carboxylic acids is 1. The molecule has 0 saturated carbocycles. The summed E-state index contributed by atoms with van der Waals surface area (Å²) >= 11 is 3.36. The van der Waals surface area contributed by atoms with E-state index < -0.39 is 0 Å². The summed E-state index contributed by atoms with van der Waals surface area (Å²) in [5, 5.41) is 0. The van der Waals surface area contributed by atoms with Crippen LogP contribution in [-0.2, 0) is 4.79 Å². The molecule has 0 N–H and O–H groups in total. The Bertz CT molecular complexity index is 172. The third-order valence-corrected chi connectivity index (χ3v) is 3.31. The van der Waals surface area contributed by atoms with Crippen molar-refractivity contribution >= 4 is 21.8 Å². The van der Waals surface area contributed by atoms with E-state index in [9.17, 15) is 4.79 Å². The van der Waals surface area contributed by atoms with Crippen LogP contribution in [0, 0.1) is 5.92 Å². The van der Waals surface area contributed by atoms with Crippen molar-refractivity contribution in [1.82, 2.24) is 4.90 Å². The number of alkyl halides is 1. The number of halogens is 1. The van der Waals surface area contributed by atoms with Crippen molar-refractivity contribution in [1.29, 1.82) is 0 Å². The summed E-state index contributed by atoms with van der Waals surface area (Å²) in [6.07, 6.45) is 2.12. The van der Waals surface area contributed by atoms with E-state index in [0.29, 0.717) is 5.92 Å². The molecule has 1 aliphatic heterocycles. The van der Waals surface area contributed by atoms with E-state index in [-0.39, 0.29) is 10.7 Å². The summed E-state index contributed by atoms with van der Waals surface area (Å²) < 4.78 is 0. The number of likely N-dealkylation sites (tertiary alicyclic amines) is 1. The van der Waals surface area contributed by atoms with Gasteiger partial charge in [0.05, 0.1) is 4.83 Å². The van der Waals surface area contributed by atoms with Crippen LogP contribution in [0.3, 0.4) is 0 Å². The first-order valence-corrected chi connectivity index (χ1v) is 5.49. The Morgan fingerprint density at radius 1 is 1.75 bits per heavy atom. The second-order valence-corrected chi connectivity index (χ2v) is 4.66. The van der Waals surface area contributed by atoms with Gasteiger partial charge in [-0.1, -0.05) is 36.2 Å². The summed E-state index contributed by atoms with van der Waals surface area (Å²) in [7, 11) is 0. The minimum atomic E-state index is 0.0848. The molecule has 1 fully saturated rings. The van der Waals surface area contributed by atoms with E-state index in [4.69, 9.17) is 0 Å². The molecule has 0 bridgehead atoms. The molecule has 2 unspecified atom stereocenters. The van der Waals surface area contributed by atoms with Gasteiger partial charge in [-0.2, -0.15) is 0 Å². The van der Waals surface area contributed by atoms with Gasteiger partial charge in [0.1, 0.15) is 0 Å². The Morgan fingerprint density at radius 2 is 2.42 bits per heavy atom. The predicted octanol–water partition coefficient (Wildman–Crippen LogP) is 2.03. The lowest BCUT2D eigenvalue weighted by Crippen LogP contribution is -2.31. The van der Waals surface area contributed by atoms with Crippen molar-refractivity contribution in [2.24, 2.45) is 5.92 Å². The number of rotatable bonds is 3. The first-order valence-electron chi connectivity index (χ1n) is 4.58. The fraction of sp³-hybridized carbons (Fsp3) is 0.889. The van der Waals surface area contributed by atoms with Crippen LogP contribution in [0.4, 0.5) is 0 Å². The molecule has 2 nitrogen and oxygen atoms in total. The monoisotopic (exact) mass is 233 g/mol. The molecule has 1 heterocycles. The average molecular weight is 234 g/mol. The van der Waals surface area contributed by atoms with Gasteiger partial charge in [-0.3, -0.25) is 4.79 Å². The molecule has 0 aromatic rings. The molecule has 1 saturated heterocycles. The van der Waals surface area contributed by atoms with E-state index in [1.54, 1.807) is 0 Å². The number of carbonyl (C=O) groups is 1. The van der Waals surface area contributed by atoms with Crippen LogP contribution in [-0.4, -0.2) is 28.7 Å². The SMILES string of the molecule is CCC(C)CN1CCC(Br)C1=O. The average Bonchev–Trinajstić information content (AvgIpc) is 2.36. The Labute approximate surface area is 82.4 Å². The molecule has 3 heteroatoms. The maximum Gasteiger partial charge on any atom is 0.236 e. The molecule has 70 valence electrons. The number of hydrogen-bond acceptors (Lipinski definition) is 1. The second-order valence-electron chi connectivity index (χ2n) is 3.55. The van der Waals surface area contributed by atoms with Gasteiger partial charge in [0.2, 0.25) is 5.91 Å². The van der Waals surface area contributed by atoms with Crippen molar-refractivity contribution in [3.63, 3.8) is 0 Å². The summed E-state index contributed by atoms with van der Waals surface area (Å²) in [4.78, 5) is 13.5. The quantitative estimate of drug-likeness (QED) is 0.684. The van der Waals surface area contributed by atoms with Gasteiger partial charge in [0.25, 0.3) is 0 Å². The van der Waals surface area contributed by atoms with Gasteiger partial charge in [0.15, 0.2) is 0 Å². The Balaban J connectivity index is 2.39. The predicted molar refractivity (Wildman–Crippen MR) is 53.4 cm³/mol. The van der Waals surface area contributed by atoms with Crippen LogP contribution < -0.4 is 0 Å². The molecule has 1 rings (SSSR count). The van der Waals surface area contributed by atoms with Crippen LogP contribution in [0.1, 0.15) is 26.7 Å². The Kier molecular flexibility index (Phi) is 3.56. The number of nitrogens with zero attached hydrogens (tertiary/aromatic N) is 1. The summed E-state index contributed by atoms with van der Waals surface area (Å²) in [6.45, 7) is 6.21. The van der Waals surface area contributed by atoms with Crippen LogP contribution in [0.25, 0.3) is 0 Å². The molecule has 0 aliphatic carbocycles. The summed E-state index contributed by atoms with van der Waals surface area (Å²) in [5.74, 6) is 0.905. The lowest BCUT2D eigenvalue weighted by Gasteiger charge is -2.19. The van der Waals surface area contributed by atoms with Crippen molar-refractivity contribution < 1.29 is 4.79 Å². The second kappa shape index (κ2) is 4.26.